The minimum absolute atomic E-state index is 0.0867. The molecule has 1 saturated heterocycles. The number of hydrogen-bond donors (Lipinski definition) is 0. The molecule has 0 unspecified atom stereocenters. The first-order valence-corrected chi connectivity index (χ1v) is 16.3. The summed E-state index contributed by atoms with van der Waals surface area (Å²) in [5, 5.41) is 9.74. The van der Waals surface area contributed by atoms with Gasteiger partial charge in [0, 0.05) is 30.5 Å². The Morgan fingerprint density at radius 3 is 2.38 bits per heavy atom. The van der Waals surface area contributed by atoms with Crippen molar-refractivity contribution in [3.05, 3.63) is 89.2 Å². The molecular weight excluding hydrogens is 541 g/mol. The maximum absolute atomic E-state index is 13.1. The van der Waals surface area contributed by atoms with Gasteiger partial charge in [-0.05, 0) is 60.6 Å². The van der Waals surface area contributed by atoms with Gasteiger partial charge >= 0.3 is 0 Å². The van der Waals surface area contributed by atoms with Crippen LogP contribution >= 0.6 is 11.3 Å². The van der Waals surface area contributed by atoms with E-state index in [1.807, 2.05) is 34.7 Å². The maximum Gasteiger partial charge on any atom is 0.243 e. The number of anilines is 1. The van der Waals surface area contributed by atoms with Crippen LogP contribution in [0, 0.1) is 5.92 Å². The third-order valence-electron chi connectivity index (χ3n) is 7.50. The van der Waals surface area contributed by atoms with Crippen LogP contribution in [0.25, 0.3) is 11.3 Å². The number of aromatic nitrogens is 1. The average Bonchev–Trinajstić information content (AvgIpc) is 3.75. The van der Waals surface area contributed by atoms with Crippen LogP contribution in [-0.4, -0.2) is 36.5 Å². The first-order chi connectivity index (χ1) is 19.4. The molecule has 2 aliphatic rings. The zero-order chi connectivity index (χ0) is 27.7. The number of furan rings is 1. The average molecular weight is 575 g/mol. The second-order valence-corrected chi connectivity index (χ2v) is 13.7. The third kappa shape index (κ3) is 5.50. The molecule has 0 spiro atoms. The predicted molar refractivity (Wildman–Crippen MR) is 160 cm³/mol. The summed E-state index contributed by atoms with van der Waals surface area (Å²) in [7, 11) is -3.46. The highest BCUT2D eigenvalue weighted by Gasteiger charge is 2.33. The summed E-state index contributed by atoms with van der Waals surface area (Å²) < 4.78 is 33.5. The zero-order valence-corrected chi connectivity index (χ0v) is 24.5. The van der Waals surface area contributed by atoms with Gasteiger partial charge in [-0.25, -0.2) is 18.4 Å². The highest BCUT2D eigenvalue weighted by molar-refractivity contribution is 7.89. The van der Waals surface area contributed by atoms with E-state index in [1.54, 1.807) is 22.7 Å². The Kier molecular flexibility index (Phi) is 7.61. The summed E-state index contributed by atoms with van der Waals surface area (Å²) in [6.07, 6.45) is 6.39. The van der Waals surface area contributed by atoms with Crippen LogP contribution in [0.4, 0.5) is 5.13 Å². The van der Waals surface area contributed by atoms with Crippen LogP contribution in [0.15, 0.2) is 86.7 Å². The molecule has 2 aliphatic heterocycles. The number of sulfonamides is 1. The van der Waals surface area contributed by atoms with Gasteiger partial charge in [0.2, 0.25) is 15.2 Å². The monoisotopic (exact) mass is 574 g/mol. The first kappa shape index (κ1) is 26.9. The Bertz CT molecular complexity index is 1570. The lowest BCUT2D eigenvalue weighted by Gasteiger charge is -2.25. The van der Waals surface area contributed by atoms with Gasteiger partial charge in [-0.2, -0.15) is 9.41 Å². The van der Waals surface area contributed by atoms with Gasteiger partial charge in [-0.15, -0.1) is 11.3 Å². The maximum atomic E-state index is 13.1. The molecule has 0 N–H and O–H groups in total. The lowest BCUT2D eigenvalue weighted by molar-refractivity contribution is 0.346. The number of hydrogen-bond acceptors (Lipinski definition) is 7. The van der Waals surface area contributed by atoms with Crippen molar-refractivity contribution in [2.24, 2.45) is 11.0 Å². The third-order valence-corrected chi connectivity index (χ3v) is 10.2. The normalized spacial score (nSPS) is 18.4. The Labute approximate surface area is 240 Å². The van der Waals surface area contributed by atoms with Crippen molar-refractivity contribution in [1.82, 2.24) is 9.29 Å². The number of benzene rings is 2. The summed E-state index contributed by atoms with van der Waals surface area (Å²) in [6, 6.07) is 19.6. The molecule has 6 rings (SSSR count). The van der Waals surface area contributed by atoms with E-state index in [-0.39, 0.29) is 6.04 Å². The summed E-state index contributed by atoms with van der Waals surface area (Å²) in [6.45, 7) is 5.65. The van der Waals surface area contributed by atoms with E-state index < -0.39 is 10.0 Å². The number of hydrazone groups is 1. The molecule has 208 valence electrons. The molecule has 40 heavy (non-hydrogen) atoms. The largest absolute Gasteiger partial charge is 0.467 e. The number of nitrogens with zero attached hydrogens (tertiary/aromatic N) is 4. The van der Waals surface area contributed by atoms with Gasteiger partial charge in [-0.1, -0.05) is 56.7 Å². The van der Waals surface area contributed by atoms with Crippen molar-refractivity contribution in [2.75, 3.05) is 18.1 Å². The van der Waals surface area contributed by atoms with Crippen molar-refractivity contribution in [3.8, 4) is 11.3 Å². The minimum Gasteiger partial charge on any atom is -0.467 e. The van der Waals surface area contributed by atoms with E-state index in [9.17, 15) is 8.42 Å². The zero-order valence-electron chi connectivity index (χ0n) is 22.9. The number of piperidine rings is 1. The molecule has 0 aliphatic carbocycles. The van der Waals surface area contributed by atoms with Crippen molar-refractivity contribution in [1.29, 1.82) is 0 Å². The molecule has 7 nitrogen and oxygen atoms in total. The van der Waals surface area contributed by atoms with Gasteiger partial charge in [-0.3, -0.25) is 0 Å². The summed E-state index contributed by atoms with van der Waals surface area (Å²) in [4.78, 5) is 5.25. The molecular formula is C31H34N4O3S2. The second kappa shape index (κ2) is 11.3. The summed E-state index contributed by atoms with van der Waals surface area (Å²) >= 11 is 1.52. The molecule has 0 radical (unpaired) electrons. The summed E-state index contributed by atoms with van der Waals surface area (Å²) in [5.74, 6) is 1.46. The van der Waals surface area contributed by atoms with E-state index >= 15 is 0 Å². The minimum atomic E-state index is -3.46. The quantitative estimate of drug-likeness (QED) is 0.224. The molecule has 1 atom stereocenters. The van der Waals surface area contributed by atoms with Crippen LogP contribution in [0.3, 0.4) is 0 Å². The molecule has 0 bridgehead atoms. The van der Waals surface area contributed by atoms with Crippen LogP contribution in [0.1, 0.15) is 62.5 Å². The first-order valence-electron chi connectivity index (χ1n) is 13.9. The smallest absolute Gasteiger partial charge is 0.243 e. The van der Waals surface area contributed by atoms with E-state index in [2.05, 4.69) is 38.1 Å². The molecule has 0 amide bonds. The predicted octanol–water partition coefficient (Wildman–Crippen LogP) is 7.13. The van der Waals surface area contributed by atoms with Crippen LogP contribution in [-0.2, 0) is 16.4 Å². The van der Waals surface area contributed by atoms with E-state index in [1.165, 1.54) is 16.9 Å². The fourth-order valence-electron chi connectivity index (χ4n) is 5.42. The fraction of sp³-hybridized carbons (Fsp3) is 0.355. The van der Waals surface area contributed by atoms with E-state index in [0.29, 0.717) is 23.9 Å². The molecule has 2 aromatic heterocycles. The van der Waals surface area contributed by atoms with Crippen molar-refractivity contribution in [3.63, 3.8) is 0 Å². The van der Waals surface area contributed by atoms with Gasteiger partial charge in [0.25, 0.3) is 0 Å². The van der Waals surface area contributed by atoms with Crippen LogP contribution in [0.2, 0.25) is 0 Å². The van der Waals surface area contributed by atoms with Crippen molar-refractivity contribution >= 4 is 32.2 Å². The SMILES string of the molecule is CC(C)Cc1ccc(C2=NN(c3nc(-c4ccc(S(=O)(=O)N5CCCCC5)cc4)cs3)[C@H](c3ccco3)C2)cc1. The fourth-order valence-corrected chi connectivity index (χ4v) is 7.77. The molecule has 2 aromatic carbocycles. The van der Waals surface area contributed by atoms with Gasteiger partial charge in [0.05, 0.1) is 22.6 Å². The Morgan fingerprint density at radius 2 is 1.70 bits per heavy atom. The highest BCUT2D eigenvalue weighted by Crippen LogP contribution is 2.39. The van der Waals surface area contributed by atoms with E-state index in [4.69, 9.17) is 14.5 Å². The lowest BCUT2D eigenvalue weighted by Crippen LogP contribution is -2.35. The lowest BCUT2D eigenvalue weighted by atomic mass is 9.98. The Hall–Kier alpha value is -3.27. The van der Waals surface area contributed by atoms with Gasteiger partial charge in [0.15, 0.2) is 0 Å². The van der Waals surface area contributed by atoms with Crippen molar-refractivity contribution < 1.29 is 12.8 Å². The van der Waals surface area contributed by atoms with Crippen LogP contribution in [0.5, 0.6) is 0 Å². The number of thiazole rings is 1. The van der Waals surface area contributed by atoms with Gasteiger partial charge in [0.1, 0.15) is 11.8 Å². The molecule has 9 heteroatoms. The topological polar surface area (TPSA) is 79.0 Å². The summed E-state index contributed by atoms with van der Waals surface area (Å²) in [5.41, 5.74) is 5.10. The highest BCUT2D eigenvalue weighted by atomic mass is 32.2. The second-order valence-electron chi connectivity index (χ2n) is 10.9. The van der Waals surface area contributed by atoms with E-state index in [0.717, 1.165) is 65.5 Å². The molecule has 1 fully saturated rings. The molecule has 4 aromatic rings. The Balaban J connectivity index is 1.25. The molecule has 4 heterocycles. The molecule has 0 saturated carbocycles. The van der Waals surface area contributed by atoms with Gasteiger partial charge < -0.3 is 4.42 Å². The standard InChI is InChI=1S/C31H34N4O3S2/c1-22(2)19-23-8-10-24(11-9-23)27-20-29(30-7-6-18-38-30)35(33-27)31-32-28(21-39-31)25-12-14-26(15-13-25)40(36,37)34-16-4-3-5-17-34/h6-15,18,21-22,29H,3-5,16-17,19-20H2,1-2H3/t29-/m0/s1. The van der Waals surface area contributed by atoms with Crippen LogP contribution < -0.4 is 5.01 Å². The number of rotatable bonds is 8. The van der Waals surface area contributed by atoms with Crippen molar-refractivity contribution in [2.45, 2.75) is 56.9 Å². The Morgan fingerprint density at radius 1 is 0.975 bits per heavy atom.